The summed E-state index contributed by atoms with van der Waals surface area (Å²) in [7, 11) is 0. The molecule has 6 rings (SSSR count). The summed E-state index contributed by atoms with van der Waals surface area (Å²) in [6.07, 6.45) is 3.71. The summed E-state index contributed by atoms with van der Waals surface area (Å²) in [6.45, 7) is 0. The number of nitrogens with zero attached hydrogens (tertiary/aromatic N) is 4. The van der Waals surface area contributed by atoms with Gasteiger partial charge in [0.05, 0.1) is 22.3 Å². The highest BCUT2D eigenvalue weighted by Gasteiger charge is 2.57. The number of halogens is 2. The first-order valence-corrected chi connectivity index (χ1v) is 12.7. The average molecular weight is 544 g/mol. The number of amides is 2. The summed E-state index contributed by atoms with van der Waals surface area (Å²) in [6, 6.07) is 14.3. The third-order valence-electron chi connectivity index (χ3n) is 6.60. The number of ether oxygens (including phenoxy) is 1. The molecule has 3 heterocycles. The fourth-order valence-corrected chi connectivity index (χ4v) is 4.82. The summed E-state index contributed by atoms with van der Waals surface area (Å²) in [5.74, 6) is -2.38. The van der Waals surface area contributed by atoms with Crippen LogP contribution in [-0.2, 0) is 9.59 Å². The lowest BCUT2D eigenvalue weighted by Crippen LogP contribution is -2.41. The Kier molecular flexibility index (Phi) is 5.99. The first kappa shape index (κ1) is 24.6. The number of pyridine rings is 2. The molecule has 11 heteroatoms. The number of fused-ring (bicyclic) bond motifs is 1. The molecule has 0 saturated heterocycles. The van der Waals surface area contributed by atoms with E-state index in [2.05, 4.69) is 14.3 Å². The molecular weight excluding hydrogens is 524 g/mol. The van der Waals surface area contributed by atoms with Gasteiger partial charge in [0.15, 0.2) is 11.6 Å². The third-order valence-corrected chi connectivity index (χ3v) is 7.16. The molecule has 0 radical (unpaired) electrons. The number of primary amides is 1. The van der Waals surface area contributed by atoms with Crippen LogP contribution in [0.3, 0.4) is 0 Å². The van der Waals surface area contributed by atoms with Crippen LogP contribution in [0.15, 0.2) is 78.4 Å². The highest BCUT2D eigenvalue weighted by atomic mass is 32.1. The molecule has 0 unspecified atom stereocenters. The minimum Gasteiger partial charge on any atom is -0.453 e. The molecule has 5 aromatic rings. The van der Waals surface area contributed by atoms with Gasteiger partial charge in [-0.1, -0.05) is 0 Å². The van der Waals surface area contributed by atoms with Crippen LogP contribution in [0.25, 0.3) is 22.3 Å². The van der Waals surface area contributed by atoms with Gasteiger partial charge in [-0.05, 0) is 79.0 Å². The maximum Gasteiger partial charge on any atom is 0.247 e. The van der Waals surface area contributed by atoms with Crippen molar-refractivity contribution in [2.45, 2.75) is 12.8 Å². The third kappa shape index (κ3) is 4.46. The lowest BCUT2D eigenvalue weighted by molar-refractivity contribution is -0.133. The van der Waals surface area contributed by atoms with Crippen LogP contribution < -0.4 is 15.4 Å². The molecule has 1 aliphatic carbocycles. The smallest absolute Gasteiger partial charge is 0.247 e. The van der Waals surface area contributed by atoms with Crippen LogP contribution in [0, 0.1) is 17.0 Å². The van der Waals surface area contributed by atoms with Gasteiger partial charge in [-0.15, -0.1) is 0 Å². The van der Waals surface area contributed by atoms with Crippen molar-refractivity contribution in [1.82, 2.24) is 14.3 Å². The molecule has 39 heavy (non-hydrogen) atoms. The molecule has 1 aliphatic rings. The van der Waals surface area contributed by atoms with Crippen LogP contribution >= 0.6 is 11.5 Å². The molecule has 2 amide bonds. The van der Waals surface area contributed by atoms with Gasteiger partial charge in [0.25, 0.3) is 0 Å². The van der Waals surface area contributed by atoms with Crippen molar-refractivity contribution in [2.24, 2.45) is 11.1 Å². The van der Waals surface area contributed by atoms with E-state index in [-0.39, 0.29) is 30.0 Å². The fraction of sp³-hybridized carbons (Fsp3) is 0.107. The zero-order chi connectivity index (χ0) is 27.1. The van der Waals surface area contributed by atoms with Crippen molar-refractivity contribution in [3.63, 3.8) is 0 Å². The molecule has 3 aromatic heterocycles. The number of aromatic nitrogens is 3. The summed E-state index contributed by atoms with van der Waals surface area (Å²) in [4.78, 5) is 35.5. The van der Waals surface area contributed by atoms with Crippen molar-refractivity contribution in [1.29, 1.82) is 0 Å². The largest absolute Gasteiger partial charge is 0.453 e. The standard InChI is InChI=1S/C28H19F2N5O3S/c29-16-1-3-17(4-2-16)35(27(37)28(9-10-28)26(31)36)18-5-6-25(20(30)13-18)38-24-7-11-32-22-14-23(33-15-19(22)24)21-8-12-39-34-21/h1-8,11-15H,9-10H2,(H2,31,36). The minimum atomic E-state index is -1.37. The summed E-state index contributed by atoms with van der Waals surface area (Å²) >= 11 is 1.32. The topological polar surface area (TPSA) is 111 Å². The normalized spacial score (nSPS) is 13.7. The van der Waals surface area contributed by atoms with E-state index in [0.717, 1.165) is 11.8 Å². The van der Waals surface area contributed by atoms with Crippen LogP contribution in [0.2, 0.25) is 0 Å². The molecular formula is C28H19F2N5O3S. The van der Waals surface area contributed by atoms with Gasteiger partial charge >= 0.3 is 0 Å². The number of anilines is 2. The van der Waals surface area contributed by atoms with E-state index in [0.29, 0.717) is 22.3 Å². The van der Waals surface area contributed by atoms with Crippen molar-refractivity contribution in [3.8, 4) is 22.9 Å². The molecule has 0 aliphatic heterocycles. The maximum atomic E-state index is 15.4. The van der Waals surface area contributed by atoms with E-state index in [4.69, 9.17) is 10.5 Å². The molecule has 0 atom stereocenters. The molecule has 2 aromatic carbocycles. The molecule has 194 valence electrons. The fourth-order valence-electron chi connectivity index (χ4n) is 4.30. The van der Waals surface area contributed by atoms with Crippen molar-refractivity contribution < 1.29 is 23.1 Å². The predicted molar refractivity (Wildman–Crippen MR) is 142 cm³/mol. The summed E-state index contributed by atoms with van der Waals surface area (Å²) in [5, 5.41) is 2.42. The Balaban J connectivity index is 1.34. The lowest BCUT2D eigenvalue weighted by atomic mass is 10.0. The van der Waals surface area contributed by atoms with Crippen molar-refractivity contribution in [3.05, 3.63) is 90.1 Å². The number of hydrogen-bond acceptors (Lipinski definition) is 7. The lowest BCUT2D eigenvalue weighted by Gasteiger charge is -2.26. The Morgan fingerprint density at radius 2 is 1.69 bits per heavy atom. The van der Waals surface area contributed by atoms with Gasteiger partial charge in [0.2, 0.25) is 11.8 Å². The van der Waals surface area contributed by atoms with Gasteiger partial charge in [-0.2, -0.15) is 4.37 Å². The number of hydrogen-bond donors (Lipinski definition) is 1. The highest BCUT2D eigenvalue weighted by Crippen LogP contribution is 2.49. The average Bonchev–Trinajstić information content (AvgIpc) is 3.58. The van der Waals surface area contributed by atoms with Crippen LogP contribution in [0.5, 0.6) is 11.5 Å². The number of benzene rings is 2. The molecule has 0 spiro atoms. The van der Waals surface area contributed by atoms with E-state index < -0.39 is 28.9 Å². The second kappa shape index (κ2) is 9.52. The highest BCUT2D eigenvalue weighted by molar-refractivity contribution is 7.03. The Hall–Kier alpha value is -4.77. The van der Waals surface area contributed by atoms with Crippen molar-refractivity contribution >= 4 is 45.6 Å². The number of carbonyl (C=O) groups is 2. The molecule has 0 bridgehead atoms. The van der Waals surface area contributed by atoms with Gasteiger partial charge in [0, 0.05) is 29.5 Å². The first-order valence-electron chi connectivity index (χ1n) is 11.9. The second-order valence-electron chi connectivity index (χ2n) is 9.06. The first-order chi connectivity index (χ1) is 18.9. The number of rotatable bonds is 7. The van der Waals surface area contributed by atoms with Crippen molar-refractivity contribution in [2.75, 3.05) is 4.90 Å². The van der Waals surface area contributed by atoms with E-state index in [1.165, 1.54) is 52.8 Å². The van der Waals surface area contributed by atoms with Gasteiger partial charge < -0.3 is 10.5 Å². The van der Waals surface area contributed by atoms with E-state index in [1.54, 1.807) is 24.5 Å². The molecule has 1 saturated carbocycles. The van der Waals surface area contributed by atoms with Gasteiger partial charge in [0.1, 0.15) is 22.7 Å². The number of nitrogens with two attached hydrogens (primary N) is 1. The molecule has 1 fully saturated rings. The summed E-state index contributed by atoms with van der Waals surface area (Å²) in [5.41, 5.74) is 6.52. The quantitative estimate of drug-likeness (QED) is 0.262. The van der Waals surface area contributed by atoms with Gasteiger partial charge in [-0.25, -0.2) is 8.78 Å². The maximum absolute atomic E-state index is 15.4. The van der Waals surface area contributed by atoms with E-state index in [1.807, 2.05) is 11.4 Å². The van der Waals surface area contributed by atoms with Crippen LogP contribution in [-0.4, -0.2) is 26.2 Å². The second-order valence-corrected chi connectivity index (χ2v) is 9.73. The zero-order valence-corrected chi connectivity index (χ0v) is 21.0. The Bertz CT molecular complexity index is 1720. The monoisotopic (exact) mass is 543 g/mol. The summed E-state index contributed by atoms with van der Waals surface area (Å²) < 4.78 is 39.2. The Morgan fingerprint density at radius 3 is 2.36 bits per heavy atom. The predicted octanol–water partition coefficient (Wildman–Crippen LogP) is 5.75. The number of carbonyl (C=O) groups excluding carboxylic acids is 2. The molecule has 2 N–H and O–H groups in total. The Labute approximate surface area is 224 Å². The van der Waals surface area contributed by atoms with E-state index >= 15 is 4.39 Å². The zero-order valence-electron chi connectivity index (χ0n) is 20.2. The molecule has 8 nitrogen and oxygen atoms in total. The van der Waals surface area contributed by atoms with Gasteiger partial charge in [-0.3, -0.25) is 24.5 Å². The minimum absolute atomic E-state index is 0.0997. The SMILES string of the molecule is NC(=O)C1(C(=O)N(c2ccc(F)cc2)c2ccc(Oc3ccnc4cc(-c5ccsn5)ncc34)c(F)c2)CC1. The van der Waals surface area contributed by atoms with Crippen LogP contribution in [0.4, 0.5) is 20.2 Å². The van der Waals surface area contributed by atoms with Crippen LogP contribution in [0.1, 0.15) is 12.8 Å². The van der Waals surface area contributed by atoms with E-state index in [9.17, 15) is 14.0 Å². The Morgan fingerprint density at radius 1 is 0.923 bits per heavy atom.